The maximum atomic E-state index is 12.8. The second-order valence-corrected chi connectivity index (χ2v) is 9.31. The summed E-state index contributed by atoms with van der Waals surface area (Å²) in [6, 6.07) is 16.8. The molecular formula is C28H28F3NO5S. The van der Waals surface area contributed by atoms with E-state index in [4.69, 9.17) is 14.2 Å². The highest BCUT2D eigenvalue weighted by Crippen LogP contribution is 2.37. The second-order valence-electron chi connectivity index (χ2n) is 8.32. The number of thioether (sulfide) groups is 1. The van der Waals surface area contributed by atoms with E-state index >= 15 is 0 Å². The highest BCUT2D eigenvalue weighted by molar-refractivity contribution is 7.98. The van der Waals surface area contributed by atoms with Gasteiger partial charge in [-0.25, -0.2) is 0 Å². The Morgan fingerprint density at radius 3 is 2.42 bits per heavy atom. The molecule has 1 N–H and O–H groups in total. The maximum absolute atomic E-state index is 12.8. The van der Waals surface area contributed by atoms with Crippen LogP contribution < -0.4 is 14.8 Å². The Morgan fingerprint density at radius 1 is 0.974 bits per heavy atom. The molecule has 3 aromatic rings. The van der Waals surface area contributed by atoms with Gasteiger partial charge in [-0.2, -0.15) is 13.2 Å². The lowest BCUT2D eigenvalue weighted by atomic mass is 10.1. The number of hydrogen-bond donors (Lipinski definition) is 1. The lowest BCUT2D eigenvalue weighted by Gasteiger charge is -2.16. The maximum Gasteiger partial charge on any atom is 0.397 e. The van der Waals surface area contributed by atoms with Crippen LogP contribution in [-0.4, -0.2) is 37.5 Å². The van der Waals surface area contributed by atoms with Crippen LogP contribution in [0.3, 0.4) is 0 Å². The largest absolute Gasteiger partial charge is 0.493 e. The van der Waals surface area contributed by atoms with Gasteiger partial charge in [-0.15, -0.1) is 11.8 Å². The van der Waals surface area contributed by atoms with Crippen molar-refractivity contribution in [2.45, 2.75) is 32.2 Å². The SMILES string of the molecule is CCOC(=O)Cc1ccc(OC)c(Oc2ccc(NC(=O)c3cccc(C)c3)cc2CSCC(F)(F)F)c1. The van der Waals surface area contributed by atoms with Gasteiger partial charge in [-0.1, -0.05) is 23.8 Å². The predicted octanol–water partition coefficient (Wildman–Crippen LogP) is 6.95. The zero-order valence-corrected chi connectivity index (χ0v) is 22.0. The lowest BCUT2D eigenvalue weighted by Crippen LogP contribution is -2.12. The van der Waals surface area contributed by atoms with Crippen LogP contribution in [0.4, 0.5) is 18.9 Å². The number of carbonyl (C=O) groups is 2. The smallest absolute Gasteiger partial charge is 0.397 e. The molecule has 3 aromatic carbocycles. The van der Waals surface area contributed by atoms with E-state index in [-0.39, 0.29) is 30.4 Å². The van der Waals surface area contributed by atoms with Crippen molar-refractivity contribution < 1.29 is 37.0 Å². The van der Waals surface area contributed by atoms with Crippen molar-refractivity contribution in [1.82, 2.24) is 0 Å². The van der Waals surface area contributed by atoms with Crippen LogP contribution in [0.5, 0.6) is 17.2 Å². The summed E-state index contributed by atoms with van der Waals surface area (Å²) in [5, 5.41) is 2.79. The standard InChI is InChI=1S/C28H28F3NO5S/c1-4-36-26(33)14-19-8-10-24(35-3)25(13-19)37-23-11-9-22(15-21(23)16-38-17-28(29,30)31)32-27(34)20-7-5-6-18(2)12-20/h5-13,15H,4,14,16-17H2,1-3H3,(H,32,34). The third-order valence-electron chi connectivity index (χ3n) is 5.22. The van der Waals surface area contributed by atoms with E-state index in [0.717, 1.165) is 5.56 Å². The normalized spacial score (nSPS) is 11.1. The molecule has 0 aromatic heterocycles. The molecular weight excluding hydrogens is 519 g/mol. The van der Waals surface area contributed by atoms with Gasteiger partial charge in [-0.05, 0) is 61.9 Å². The number of rotatable bonds is 11. The lowest BCUT2D eigenvalue weighted by molar-refractivity contribution is -0.142. The van der Waals surface area contributed by atoms with E-state index in [1.165, 1.54) is 7.11 Å². The first-order valence-electron chi connectivity index (χ1n) is 11.7. The van der Waals surface area contributed by atoms with Crippen molar-refractivity contribution in [2.24, 2.45) is 0 Å². The van der Waals surface area contributed by atoms with Gasteiger partial charge in [0.05, 0.1) is 25.9 Å². The number of halogens is 3. The van der Waals surface area contributed by atoms with Crippen LogP contribution in [0.25, 0.3) is 0 Å². The molecule has 6 nitrogen and oxygen atoms in total. The van der Waals surface area contributed by atoms with Gasteiger partial charge < -0.3 is 19.5 Å². The summed E-state index contributed by atoms with van der Waals surface area (Å²) in [5.41, 5.74) is 2.86. The molecule has 0 aliphatic rings. The molecule has 0 heterocycles. The Balaban J connectivity index is 1.88. The van der Waals surface area contributed by atoms with Gasteiger partial charge in [-0.3, -0.25) is 9.59 Å². The summed E-state index contributed by atoms with van der Waals surface area (Å²) in [5.74, 6) is -0.847. The number of nitrogens with one attached hydrogen (secondary N) is 1. The fourth-order valence-corrected chi connectivity index (χ4v) is 4.32. The number of alkyl halides is 3. The third-order valence-corrected chi connectivity index (χ3v) is 6.27. The first kappa shape index (κ1) is 28.9. The Hall–Kier alpha value is -3.66. The summed E-state index contributed by atoms with van der Waals surface area (Å²) >= 11 is 0.681. The number of methoxy groups -OCH3 is 1. The molecule has 0 unspecified atom stereocenters. The van der Waals surface area contributed by atoms with E-state index in [1.807, 2.05) is 13.0 Å². The first-order valence-corrected chi connectivity index (χ1v) is 12.9. The fourth-order valence-electron chi connectivity index (χ4n) is 3.54. The second kappa shape index (κ2) is 13.2. The molecule has 202 valence electrons. The van der Waals surface area contributed by atoms with E-state index in [1.54, 1.807) is 61.5 Å². The molecule has 0 spiro atoms. The number of hydrogen-bond acceptors (Lipinski definition) is 6. The number of carbonyl (C=O) groups excluding carboxylic acids is 2. The molecule has 3 rings (SSSR count). The van der Waals surface area contributed by atoms with E-state index in [9.17, 15) is 22.8 Å². The molecule has 0 bridgehead atoms. The summed E-state index contributed by atoms with van der Waals surface area (Å²) in [4.78, 5) is 24.6. The van der Waals surface area contributed by atoms with Crippen LogP contribution in [-0.2, 0) is 21.7 Å². The number of amides is 1. The summed E-state index contributed by atoms with van der Waals surface area (Å²) < 4.78 is 54.9. The average molecular weight is 548 g/mol. The summed E-state index contributed by atoms with van der Waals surface area (Å²) in [6.07, 6.45) is -4.31. The number of esters is 1. The average Bonchev–Trinajstić information content (AvgIpc) is 2.85. The van der Waals surface area contributed by atoms with Crippen molar-refractivity contribution in [2.75, 3.05) is 24.8 Å². The minimum atomic E-state index is -4.33. The Morgan fingerprint density at radius 2 is 1.74 bits per heavy atom. The Bertz CT molecular complexity index is 1280. The summed E-state index contributed by atoms with van der Waals surface area (Å²) in [7, 11) is 1.46. The van der Waals surface area contributed by atoms with Crippen molar-refractivity contribution in [1.29, 1.82) is 0 Å². The molecule has 10 heteroatoms. The van der Waals surface area contributed by atoms with E-state index < -0.39 is 17.9 Å². The highest BCUT2D eigenvalue weighted by Gasteiger charge is 2.27. The van der Waals surface area contributed by atoms with Gasteiger partial charge in [0.1, 0.15) is 5.75 Å². The van der Waals surface area contributed by atoms with Gasteiger partial charge >= 0.3 is 12.1 Å². The Labute approximate surface area is 223 Å². The number of anilines is 1. The minimum Gasteiger partial charge on any atom is -0.493 e. The van der Waals surface area contributed by atoms with Crippen molar-refractivity contribution in [3.8, 4) is 17.2 Å². The quantitative estimate of drug-likeness (QED) is 0.262. The highest BCUT2D eigenvalue weighted by atomic mass is 32.2. The molecule has 0 aliphatic carbocycles. The molecule has 38 heavy (non-hydrogen) atoms. The van der Waals surface area contributed by atoms with Gasteiger partial charge in [0.25, 0.3) is 5.91 Å². The van der Waals surface area contributed by atoms with E-state index in [2.05, 4.69) is 5.32 Å². The van der Waals surface area contributed by atoms with Crippen LogP contribution in [0, 0.1) is 6.92 Å². The molecule has 0 atom stereocenters. The van der Waals surface area contributed by atoms with Crippen molar-refractivity contribution in [3.05, 3.63) is 82.9 Å². The molecule has 0 saturated heterocycles. The predicted molar refractivity (Wildman–Crippen MR) is 141 cm³/mol. The van der Waals surface area contributed by atoms with Gasteiger partial charge in [0, 0.05) is 22.6 Å². The third kappa shape index (κ3) is 8.72. The molecule has 0 saturated carbocycles. The molecule has 0 radical (unpaired) electrons. The van der Waals surface area contributed by atoms with Crippen LogP contribution in [0.15, 0.2) is 60.7 Å². The zero-order valence-electron chi connectivity index (χ0n) is 21.2. The van der Waals surface area contributed by atoms with Crippen molar-refractivity contribution >= 4 is 29.3 Å². The zero-order chi connectivity index (χ0) is 27.7. The fraction of sp³-hybridized carbons (Fsp3) is 0.286. The Kier molecular flexibility index (Phi) is 10.1. The summed E-state index contributed by atoms with van der Waals surface area (Å²) in [6.45, 7) is 3.84. The minimum absolute atomic E-state index is 0.0200. The van der Waals surface area contributed by atoms with Gasteiger partial charge in [0.15, 0.2) is 11.5 Å². The molecule has 1 amide bonds. The monoisotopic (exact) mass is 547 g/mol. The van der Waals surface area contributed by atoms with Gasteiger partial charge in [0.2, 0.25) is 0 Å². The first-order chi connectivity index (χ1) is 18.1. The number of benzene rings is 3. The molecule has 0 aliphatic heterocycles. The van der Waals surface area contributed by atoms with Crippen molar-refractivity contribution in [3.63, 3.8) is 0 Å². The number of ether oxygens (including phenoxy) is 3. The van der Waals surface area contributed by atoms with Crippen LogP contribution in [0.1, 0.15) is 34.0 Å². The molecule has 0 fully saturated rings. The van der Waals surface area contributed by atoms with E-state index in [0.29, 0.717) is 45.6 Å². The number of aryl methyl sites for hydroxylation is 1. The van der Waals surface area contributed by atoms with Crippen LogP contribution in [0.2, 0.25) is 0 Å². The van der Waals surface area contributed by atoms with Crippen LogP contribution >= 0.6 is 11.8 Å². The topological polar surface area (TPSA) is 73.9 Å².